The third-order valence-electron chi connectivity index (χ3n) is 3.45. The Hall–Kier alpha value is -1.83. The summed E-state index contributed by atoms with van der Waals surface area (Å²) in [6, 6.07) is 9.78. The van der Waals surface area contributed by atoms with E-state index in [4.69, 9.17) is 0 Å². The first kappa shape index (κ1) is 11.6. The average molecular weight is 228 g/mol. The van der Waals surface area contributed by atoms with Crippen LogP contribution in [0, 0.1) is 11.3 Å². The second-order valence-electron chi connectivity index (χ2n) is 4.54. The van der Waals surface area contributed by atoms with Crippen molar-refractivity contribution in [2.75, 3.05) is 0 Å². The van der Waals surface area contributed by atoms with Crippen LogP contribution in [0.25, 0.3) is 0 Å². The number of hydrogen-bond acceptors (Lipinski definition) is 1. The Morgan fingerprint density at radius 1 is 1.29 bits per heavy atom. The third kappa shape index (κ3) is 2.16. The second kappa shape index (κ2) is 4.58. The van der Waals surface area contributed by atoms with Crippen molar-refractivity contribution in [3.8, 4) is 0 Å². The van der Waals surface area contributed by atoms with Crippen molar-refractivity contribution in [2.24, 2.45) is 11.3 Å². The van der Waals surface area contributed by atoms with E-state index in [0.29, 0.717) is 6.42 Å². The largest absolute Gasteiger partial charge is 0.481 e. The number of allylic oxidation sites excluding steroid dienone is 3. The molecule has 0 heterocycles. The summed E-state index contributed by atoms with van der Waals surface area (Å²) in [6.45, 7) is 1.96. The molecule has 2 heteroatoms. The van der Waals surface area contributed by atoms with Crippen molar-refractivity contribution >= 4 is 5.97 Å². The van der Waals surface area contributed by atoms with Gasteiger partial charge in [0, 0.05) is 0 Å². The Bertz CT molecular complexity index is 459. The highest BCUT2D eigenvalue weighted by molar-refractivity contribution is 5.79. The quantitative estimate of drug-likeness (QED) is 0.863. The van der Waals surface area contributed by atoms with Gasteiger partial charge in [-0.15, -0.1) is 0 Å². The van der Waals surface area contributed by atoms with Gasteiger partial charge in [0.1, 0.15) is 0 Å². The van der Waals surface area contributed by atoms with Crippen LogP contribution in [-0.4, -0.2) is 11.1 Å². The highest BCUT2D eigenvalue weighted by Gasteiger charge is 2.41. The van der Waals surface area contributed by atoms with Gasteiger partial charge in [0.05, 0.1) is 5.41 Å². The molecule has 2 unspecified atom stereocenters. The molecule has 2 nitrogen and oxygen atoms in total. The number of aliphatic carboxylic acids is 1. The van der Waals surface area contributed by atoms with Crippen molar-refractivity contribution in [3.05, 3.63) is 60.2 Å². The zero-order valence-corrected chi connectivity index (χ0v) is 9.84. The molecule has 0 saturated heterocycles. The maximum absolute atomic E-state index is 11.6. The normalized spacial score (nSPS) is 27.0. The third-order valence-corrected chi connectivity index (χ3v) is 3.45. The minimum Gasteiger partial charge on any atom is -0.481 e. The van der Waals surface area contributed by atoms with Crippen LogP contribution in [0.2, 0.25) is 0 Å². The monoisotopic (exact) mass is 228 g/mol. The molecule has 0 fully saturated rings. The molecule has 0 spiro atoms. The Kier molecular flexibility index (Phi) is 3.14. The van der Waals surface area contributed by atoms with E-state index in [0.717, 1.165) is 5.56 Å². The number of carboxylic acids is 1. The number of rotatable bonds is 3. The van der Waals surface area contributed by atoms with Gasteiger partial charge in [0.25, 0.3) is 0 Å². The molecular weight excluding hydrogens is 212 g/mol. The SMILES string of the molecule is CC1C=CC=CC1(Cc1ccccc1)C(=O)O. The predicted octanol–water partition coefficient (Wildman–Crippen LogP) is 3.06. The maximum Gasteiger partial charge on any atom is 0.314 e. The molecule has 0 amide bonds. The van der Waals surface area contributed by atoms with E-state index in [9.17, 15) is 9.90 Å². The highest BCUT2D eigenvalue weighted by Crippen LogP contribution is 2.37. The second-order valence-corrected chi connectivity index (χ2v) is 4.54. The van der Waals surface area contributed by atoms with E-state index in [-0.39, 0.29) is 5.92 Å². The van der Waals surface area contributed by atoms with E-state index in [1.807, 2.05) is 61.6 Å². The summed E-state index contributed by atoms with van der Waals surface area (Å²) in [5.41, 5.74) is 0.248. The molecular formula is C15H16O2. The summed E-state index contributed by atoms with van der Waals surface area (Å²) in [5, 5.41) is 9.54. The minimum atomic E-state index is -0.809. The summed E-state index contributed by atoms with van der Waals surface area (Å²) >= 11 is 0. The predicted molar refractivity (Wildman–Crippen MR) is 67.7 cm³/mol. The van der Waals surface area contributed by atoms with Crippen LogP contribution < -0.4 is 0 Å². The molecule has 0 saturated carbocycles. The summed E-state index contributed by atoms with van der Waals surface area (Å²) in [6.07, 6.45) is 8.04. The molecule has 1 aliphatic carbocycles. The van der Waals surface area contributed by atoms with Crippen LogP contribution >= 0.6 is 0 Å². The number of carbonyl (C=O) groups is 1. The zero-order valence-electron chi connectivity index (χ0n) is 9.84. The van der Waals surface area contributed by atoms with E-state index < -0.39 is 11.4 Å². The molecule has 1 N–H and O–H groups in total. The van der Waals surface area contributed by atoms with Gasteiger partial charge in [-0.3, -0.25) is 4.79 Å². The molecule has 2 atom stereocenters. The highest BCUT2D eigenvalue weighted by atomic mass is 16.4. The van der Waals surface area contributed by atoms with Crippen LogP contribution in [0.3, 0.4) is 0 Å². The number of hydrogen-bond donors (Lipinski definition) is 1. The van der Waals surface area contributed by atoms with Crippen molar-refractivity contribution in [2.45, 2.75) is 13.3 Å². The lowest BCUT2D eigenvalue weighted by molar-refractivity contribution is -0.147. The Morgan fingerprint density at radius 3 is 2.59 bits per heavy atom. The maximum atomic E-state index is 11.6. The molecule has 88 valence electrons. The van der Waals surface area contributed by atoms with Crippen molar-refractivity contribution in [3.63, 3.8) is 0 Å². The summed E-state index contributed by atoms with van der Waals surface area (Å²) in [5.74, 6) is -0.750. The van der Waals surface area contributed by atoms with E-state index >= 15 is 0 Å². The van der Waals surface area contributed by atoms with Crippen molar-refractivity contribution in [1.29, 1.82) is 0 Å². The topological polar surface area (TPSA) is 37.3 Å². The fraction of sp³-hybridized carbons (Fsp3) is 0.267. The molecule has 1 aromatic rings. The smallest absolute Gasteiger partial charge is 0.314 e. The molecule has 1 aromatic carbocycles. The van der Waals surface area contributed by atoms with Crippen LogP contribution in [-0.2, 0) is 11.2 Å². The van der Waals surface area contributed by atoms with Crippen LogP contribution in [0.5, 0.6) is 0 Å². The van der Waals surface area contributed by atoms with E-state index in [1.54, 1.807) is 0 Å². The molecule has 0 aromatic heterocycles. The van der Waals surface area contributed by atoms with Crippen LogP contribution in [0.4, 0.5) is 0 Å². The van der Waals surface area contributed by atoms with Gasteiger partial charge in [0.2, 0.25) is 0 Å². The summed E-state index contributed by atoms with van der Waals surface area (Å²) in [7, 11) is 0. The lowest BCUT2D eigenvalue weighted by Crippen LogP contribution is -2.38. The first-order valence-electron chi connectivity index (χ1n) is 5.78. The molecule has 17 heavy (non-hydrogen) atoms. The average Bonchev–Trinajstić information content (AvgIpc) is 2.33. The Labute approximate surface area is 101 Å². The van der Waals surface area contributed by atoms with Crippen LogP contribution in [0.15, 0.2) is 54.6 Å². The van der Waals surface area contributed by atoms with Gasteiger partial charge in [-0.05, 0) is 17.9 Å². The molecule has 1 aliphatic rings. The molecule has 0 radical (unpaired) electrons. The fourth-order valence-corrected chi connectivity index (χ4v) is 2.28. The first-order valence-corrected chi connectivity index (χ1v) is 5.78. The summed E-state index contributed by atoms with van der Waals surface area (Å²) < 4.78 is 0. The molecule has 2 rings (SSSR count). The van der Waals surface area contributed by atoms with Gasteiger partial charge >= 0.3 is 5.97 Å². The van der Waals surface area contributed by atoms with Gasteiger partial charge in [-0.1, -0.05) is 61.6 Å². The van der Waals surface area contributed by atoms with E-state index in [2.05, 4.69) is 0 Å². The summed E-state index contributed by atoms with van der Waals surface area (Å²) in [4.78, 5) is 11.6. The van der Waals surface area contributed by atoms with E-state index in [1.165, 1.54) is 0 Å². The van der Waals surface area contributed by atoms with Crippen molar-refractivity contribution in [1.82, 2.24) is 0 Å². The van der Waals surface area contributed by atoms with Gasteiger partial charge in [-0.2, -0.15) is 0 Å². The fourth-order valence-electron chi connectivity index (χ4n) is 2.28. The number of carboxylic acid groups (broad SMARTS) is 1. The molecule has 0 bridgehead atoms. The standard InChI is InChI=1S/C15H16O2/c1-12-7-5-6-10-15(12,14(16)17)11-13-8-3-2-4-9-13/h2-10,12H,11H2,1H3,(H,16,17). The van der Waals surface area contributed by atoms with Gasteiger partial charge < -0.3 is 5.11 Å². The Morgan fingerprint density at radius 2 is 2.00 bits per heavy atom. The lowest BCUT2D eigenvalue weighted by atomic mass is 9.70. The first-order chi connectivity index (χ1) is 8.15. The minimum absolute atomic E-state index is 0.00482. The molecule has 0 aliphatic heterocycles. The number of benzene rings is 1. The van der Waals surface area contributed by atoms with Gasteiger partial charge in [0.15, 0.2) is 0 Å². The van der Waals surface area contributed by atoms with Crippen LogP contribution in [0.1, 0.15) is 12.5 Å². The zero-order chi connectivity index (χ0) is 12.3. The van der Waals surface area contributed by atoms with Crippen molar-refractivity contribution < 1.29 is 9.90 Å². The Balaban J connectivity index is 2.33. The lowest BCUT2D eigenvalue weighted by Gasteiger charge is -2.32. The van der Waals surface area contributed by atoms with Gasteiger partial charge in [-0.25, -0.2) is 0 Å².